The van der Waals surface area contributed by atoms with Gasteiger partial charge in [-0.05, 0) is 41.8 Å². The summed E-state index contributed by atoms with van der Waals surface area (Å²) >= 11 is 24.1. The Labute approximate surface area is 259 Å². The van der Waals surface area contributed by atoms with Crippen LogP contribution in [0.1, 0.15) is 17.5 Å². The lowest BCUT2D eigenvalue weighted by atomic mass is 10.1. The van der Waals surface area contributed by atoms with Gasteiger partial charge in [-0.2, -0.15) is 0 Å². The predicted molar refractivity (Wildman–Crippen MR) is 158 cm³/mol. The molecule has 2 amide bonds. The van der Waals surface area contributed by atoms with E-state index in [2.05, 4.69) is 4.90 Å². The standard InChI is InChI=1S/C27H29Cl4N3O5.ClH/c1-38-27(37)33-8-9-34(25(35)12-17-2-4-21(28)23(30)10-17)19(15-33)14-32-7-6-20(16-32)39-26(36)13-18-3-5-22(29)24(31)11-18;/h2-5,10-11,19-20H,6-9,12-16H2,1H3;1H. The molecule has 2 unspecified atom stereocenters. The molecule has 2 aromatic rings. The molecule has 0 radical (unpaired) electrons. The first-order chi connectivity index (χ1) is 18.6. The van der Waals surface area contributed by atoms with Crippen LogP contribution in [0.3, 0.4) is 0 Å². The van der Waals surface area contributed by atoms with E-state index >= 15 is 0 Å². The zero-order valence-electron chi connectivity index (χ0n) is 21.8. The van der Waals surface area contributed by atoms with Crippen LogP contribution in [0.2, 0.25) is 20.1 Å². The van der Waals surface area contributed by atoms with Crippen molar-refractivity contribution in [3.8, 4) is 0 Å². The van der Waals surface area contributed by atoms with Gasteiger partial charge in [0.2, 0.25) is 5.91 Å². The quantitative estimate of drug-likeness (QED) is 0.373. The average molecular weight is 654 g/mol. The molecule has 8 nitrogen and oxygen atoms in total. The lowest BCUT2D eigenvalue weighted by Crippen LogP contribution is -2.60. The third kappa shape index (κ3) is 8.54. The van der Waals surface area contributed by atoms with Crippen LogP contribution in [-0.4, -0.2) is 91.2 Å². The fourth-order valence-electron chi connectivity index (χ4n) is 4.96. The highest BCUT2D eigenvalue weighted by Crippen LogP contribution is 2.25. The molecular weight excluding hydrogens is 624 g/mol. The van der Waals surface area contributed by atoms with Crippen LogP contribution < -0.4 is 0 Å². The monoisotopic (exact) mass is 651 g/mol. The zero-order chi connectivity index (χ0) is 28.1. The van der Waals surface area contributed by atoms with Crippen LogP contribution in [-0.2, 0) is 31.9 Å². The van der Waals surface area contributed by atoms with Crippen molar-refractivity contribution in [2.24, 2.45) is 0 Å². The van der Waals surface area contributed by atoms with E-state index in [1.54, 1.807) is 41.3 Å². The number of rotatable bonds is 7. The van der Waals surface area contributed by atoms with Crippen LogP contribution in [0.5, 0.6) is 0 Å². The minimum absolute atomic E-state index is 0. The van der Waals surface area contributed by atoms with Crippen molar-refractivity contribution >= 4 is 76.8 Å². The van der Waals surface area contributed by atoms with E-state index in [1.807, 2.05) is 4.90 Å². The minimum Gasteiger partial charge on any atom is -0.461 e. The number of carbonyl (C=O) groups excluding carboxylic acids is 3. The Bertz CT molecular complexity index is 1230. The van der Waals surface area contributed by atoms with Crippen molar-refractivity contribution in [3.63, 3.8) is 0 Å². The van der Waals surface area contributed by atoms with Crippen molar-refractivity contribution < 1.29 is 23.9 Å². The fourth-order valence-corrected chi connectivity index (χ4v) is 5.60. The maximum atomic E-state index is 13.3. The third-order valence-electron chi connectivity index (χ3n) is 6.90. The Hall–Kier alpha value is -1.94. The molecule has 4 rings (SSSR count). The molecule has 218 valence electrons. The number of halogens is 5. The highest BCUT2D eigenvalue weighted by molar-refractivity contribution is 6.42. The van der Waals surface area contributed by atoms with Crippen molar-refractivity contribution in [1.29, 1.82) is 0 Å². The first-order valence-corrected chi connectivity index (χ1v) is 14.1. The molecule has 40 heavy (non-hydrogen) atoms. The summed E-state index contributed by atoms with van der Waals surface area (Å²) in [4.78, 5) is 43.7. The number of methoxy groups -OCH3 is 1. The van der Waals surface area contributed by atoms with E-state index in [1.165, 1.54) is 7.11 Å². The van der Waals surface area contributed by atoms with E-state index in [9.17, 15) is 14.4 Å². The molecule has 0 saturated carbocycles. The molecule has 2 fully saturated rings. The maximum absolute atomic E-state index is 13.3. The molecular formula is C27H30Cl5N3O5. The number of hydrogen-bond donors (Lipinski definition) is 0. The van der Waals surface area contributed by atoms with E-state index in [-0.39, 0.29) is 49.3 Å². The van der Waals surface area contributed by atoms with Crippen molar-refractivity contribution in [3.05, 3.63) is 67.6 Å². The Morgan fingerprint density at radius 3 is 2.08 bits per heavy atom. The smallest absolute Gasteiger partial charge is 0.409 e. The molecule has 2 atom stereocenters. The normalized spacial score (nSPS) is 19.2. The van der Waals surface area contributed by atoms with Gasteiger partial charge in [0.1, 0.15) is 6.10 Å². The summed E-state index contributed by atoms with van der Waals surface area (Å²) in [5, 5.41) is 1.64. The first-order valence-electron chi connectivity index (χ1n) is 12.5. The molecule has 2 aliphatic rings. The summed E-state index contributed by atoms with van der Waals surface area (Å²) in [5.41, 5.74) is 1.49. The Balaban J connectivity index is 0.00000441. The second kappa shape index (κ2) is 14.8. The van der Waals surface area contributed by atoms with Gasteiger partial charge in [-0.25, -0.2) is 4.79 Å². The topological polar surface area (TPSA) is 79.4 Å². The summed E-state index contributed by atoms with van der Waals surface area (Å²) in [6.07, 6.45) is 0.257. The number of benzene rings is 2. The number of ether oxygens (including phenoxy) is 2. The summed E-state index contributed by atoms with van der Waals surface area (Å²) in [7, 11) is 1.34. The van der Waals surface area contributed by atoms with Gasteiger partial charge in [-0.3, -0.25) is 14.5 Å². The minimum atomic E-state index is -0.424. The van der Waals surface area contributed by atoms with Gasteiger partial charge in [0, 0.05) is 39.3 Å². The van der Waals surface area contributed by atoms with Gasteiger partial charge >= 0.3 is 12.1 Å². The van der Waals surface area contributed by atoms with Gasteiger partial charge in [-0.15, -0.1) is 12.4 Å². The number of piperazine rings is 1. The predicted octanol–water partition coefficient (Wildman–Crippen LogP) is 5.40. The van der Waals surface area contributed by atoms with E-state index in [0.29, 0.717) is 65.8 Å². The summed E-state index contributed by atoms with van der Waals surface area (Å²) in [6, 6.07) is 9.95. The Kier molecular flexibility index (Phi) is 12.1. The van der Waals surface area contributed by atoms with Gasteiger partial charge in [0.25, 0.3) is 0 Å². The van der Waals surface area contributed by atoms with E-state index in [0.717, 1.165) is 11.1 Å². The summed E-state index contributed by atoms with van der Waals surface area (Å²) in [6.45, 7) is 2.88. The molecule has 0 aliphatic carbocycles. The molecule has 2 aromatic carbocycles. The molecule has 2 aliphatic heterocycles. The lowest BCUT2D eigenvalue weighted by molar-refractivity contribution is -0.147. The van der Waals surface area contributed by atoms with E-state index < -0.39 is 6.09 Å². The summed E-state index contributed by atoms with van der Waals surface area (Å²) < 4.78 is 10.6. The molecule has 0 bridgehead atoms. The summed E-state index contributed by atoms with van der Waals surface area (Å²) in [5.74, 6) is -0.403. The molecule has 13 heteroatoms. The second-order valence-electron chi connectivity index (χ2n) is 9.67. The maximum Gasteiger partial charge on any atom is 0.409 e. The van der Waals surface area contributed by atoms with Crippen LogP contribution in [0.25, 0.3) is 0 Å². The number of amides is 2. The van der Waals surface area contributed by atoms with Crippen molar-refractivity contribution in [2.45, 2.75) is 31.4 Å². The fraction of sp³-hybridized carbons (Fsp3) is 0.444. The number of likely N-dealkylation sites (tertiary alicyclic amines) is 1. The molecule has 2 heterocycles. The van der Waals surface area contributed by atoms with Crippen molar-refractivity contribution in [1.82, 2.24) is 14.7 Å². The number of hydrogen-bond acceptors (Lipinski definition) is 6. The SMILES string of the molecule is COC(=O)N1CCN(C(=O)Cc2ccc(Cl)c(Cl)c2)C(CN2CCC(OC(=O)Cc3ccc(Cl)c(Cl)c3)C2)C1.Cl. The number of esters is 1. The molecule has 0 aromatic heterocycles. The van der Waals surface area contributed by atoms with Gasteiger partial charge in [0.15, 0.2) is 0 Å². The van der Waals surface area contributed by atoms with Crippen LogP contribution in [0, 0.1) is 0 Å². The first kappa shape index (κ1) is 32.6. The highest BCUT2D eigenvalue weighted by atomic mass is 35.5. The second-order valence-corrected chi connectivity index (χ2v) is 11.3. The zero-order valence-corrected chi connectivity index (χ0v) is 25.6. The third-order valence-corrected chi connectivity index (χ3v) is 8.38. The van der Waals surface area contributed by atoms with Crippen LogP contribution in [0.15, 0.2) is 36.4 Å². The van der Waals surface area contributed by atoms with E-state index in [4.69, 9.17) is 55.9 Å². The number of carbonyl (C=O) groups is 3. The van der Waals surface area contributed by atoms with Crippen LogP contribution >= 0.6 is 58.8 Å². The molecule has 0 spiro atoms. The highest BCUT2D eigenvalue weighted by Gasteiger charge is 2.36. The van der Waals surface area contributed by atoms with Crippen molar-refractivity contribution in [2.75, 3.05) is 46.4 Å². The average Bonchev–Trinajstić information content (AvgIpc) is 3.34. The lowest BCUT2D eigenvalue weighted by Gasteiger charge is -2.42. The Morgan fingerprint density at radius 2 is 1.48 bits per heavy atom. The Morgan fingerprint density at radius 1 is 0.850 bits per heavy atom. The molecule has 2 saturated heterocycles. The largest absolute Gasteiger partial charge is 0.461 e. The number of nitrogens with zero attached hydrogens (tertiary/aromatic N) is 3. The van der Waals surface area contributed by atoms with Gasteiger partial charge < -0.3 is 19.3 Å². The van der Waals surface area contributed by atoms with Crippen LogP contribution in [0.4, 0.5) is 4.79 Å². The molecule has 0 N–H and O–H groups in total. The van der Waals surface area contributed by atoms with Gasteiger partial charge in [0.05, 0.1) is 46.1 Å². The van der Waals surface area contributed by atoms with Gasteiger partial charge in [-0.1, -0.05) is 58.5 Å².